The molecule has 6 heteroatoms. The van der Waals surface area contributed by atoms with Gasteiger partial charge in [-0.3, -0.25) is 10.1 Å². The molecule has 2 fully saturated rings. The van der Waals surface area contributed by atoms with Gasteiger partial charge in [0.15, 0.2) is 0 Å². The van der Waals surface area contributed by atoms with Gasteiger partial charge in [-0.2, -0.15) is 0 Å². The number of carbonyl (C=O) groups is 2. The Hall–Kier alpha value is -3.80. The van der Waals surface area contributed by atoms with Gasteiger partial charge in [0.25, 0.3) is 0 Å². The number of aryl methyl sites for hydroxylation is 2. The average Bonchev–Trinajstić information content (AvgIpc) is 3.61. The van der Waals surface area contributed by atoms with Crippen LogP contribution in [0.5, 0.6) is 0 Å². The molecule has 1 saturated carbocycles. The summed E-state index contributed by atoms with van der Waals surface area (Å²) >= 11 is 0. The highest BCUT2D eigenvalue weighted by Gasteiger charge is 2.34. The summed E-state index contributed by atoms with van der Waals surface area (Å²) in [6, 6.07) is 24.2. The number of carbonyl (C=O) groups excluding carboxylic acids is 2. The number of hydrogen-bond acceptors (Lipinski definition) is 4. The van der Waals surface area contributed by atoms with Crippen LogP contribution in [0.25, 0.3) is 0 Å². The van der Waals surface area contributed by atoms with E-state index in [2.05, 4.69) is 34.5 Å². The molecule has 1 heterocycles. The normalized spacial score (nSPS) is 17.4. The first kappa shape index (κ1) is 23.0. The van der Waals surface area contributed by atoms with Crippen LogP contribution < -0.4 is 15.1 Å². The molecular weight excluding hydrogens is 438 g/mol. The fraction of sp³-hybridized carbons (Fsp3) is 0.310. The molecule has 2 amide bonds. The molecule has 0 bridgehead atoms. The van der Waals surface area contributed by atoms with E-state index in [1.807, 2.05) is 62.4 Å². The topological polar surface area (TPSA) is 61.9 Å². The summed E-state index contributed by atoms with van der Waals surface area (Å²) in [5, 5.41) is 2.81. The molecule has 0 spiro atoms. The van der Waals surface area contributed by atoms with Crippen molar-refractivity contribution in [3.05, 3.63) is 83.9 Å². The van der Waals surface area contributed by atoms with E-state index >= 15 is 0 Å². The summed E-state index contributed by atoms with van der Waals surface area (Å²) in [6.07, 6.45) is 1.72. The minimum Gasteiger partial charge on any atom is -0.444 e. The number of ether oxygens (including phenoxy) is 1. The molecule has 6 nitrogen and oxygen atoms in total. The first-order valence-corrected chi connectivity index (χ1v) is 12.2. The molecule has 35 heavy (non-hydrogen) atoms. The van der Waals surface area contributed by atoms with Crippen molar-refractivity contribution in [1.29, 1.82) is 0 Å². The molecule has 1 aliphatic heterocycles. The Bertz CT molecular complexity index is 1210. The van der Waals surface area contributed by atoms with Crippen molar-refractivity contribution in [3.63, 3.8) is 0 Å². The fourth-order valence-corrected chi connectivity index (χ4v) is 4.55. The third-order valence-corrected chi connectivity index (χ3v) is 6.65. The van der Waals surface area contributed by atoms with Crippen LogP contribution in [0.15, 0.2) is 72.8 Å². The van der Waals surface area contributed by atoms with Crippen molar-refractivity contribution in [2.75, 3.05) is 28.2 Å². The second-order valence-corrected chi connectivity index (χ2v) is 9.59. The van der Waals surface area contributed by atoms with E-state index in [9.17, 15) is 9.59 Å². The molecule has 3 aromatic carbocycles. The lowest BCUT2D eigenvalue weighted by molar-refractivity contribution is -0.117. The van der Waals surface area contributed by atoms with E-state index in [0.717, 1.165) is 35.0 Å². The zero-order chi connectivity index (χ0) is 24.4. The van der Waals surface area contributed by atoms with Crippen molar-refractivity contribution in [1.82, 2.24) is 0 Å². The minimum atomic E-state index is -0.545. The lowest BCUT2D eigenvalue weighted by Crippen LogP contribution is -2.28. The Morgan fingerprint density at radius 1 is 1.00 bits per heavy atom. The van der Waals surface area contributed by atoms with Gasteiger partial charge in [0, 0.05) is 29.3 Å². The van der Waals surface area contributed by atoms with Gasteiger partial charge in [-0.25, -0.2) is 4.79 Å². The van der Waals surface area contributed by atoms with Crippen LogP contribution in [-0.4, -0.2) is 31.2 Å². The van der Waals surface area contributed by atoms with Crippen molar-refractivity contribution in [2.24, 2.45) is 5.92 Å². The maximum atomic E-state index is 12.6. The van der Waals surface area contributed by atoms with Crippen molar-refractivity contribution in [2.45, 2.75) is 39.2 Å². The van der Waals surface area contributed by atoms with Crippen LogP contribution in [0.4, 0.5) is 27.5 Å². The predicted molar refractivity (Wildman–Crippen MR) is 139 cm³/mol. The van der Waals surface area contributed by atoms with Gasteiger partial charge in [0.1, 0.15) is 6.10 Å². The average molecular weight is 470 g/mol. The van der Waals surface area contributed by atoms with Gasteiger partial charge >= 0.3 is 6.09 Å². The second kappa shape index (κ2) is 9.82. The number of anilines is 4. The molecule has 5 rings (SSSR count). The monoisotopic (exact) mass is 469 g/mol. The van der Waals surface area contributed by atoms with E-state index in [-0.39, 0.29) is 12.3 Å². The van der Waals surface area contributed by atoms with E-state index in [1.54, 1.807) is 4.90 Å². The van der Waals surface area contributed by atoms with Gasteiger partial charge in [0.2, 0.25) is 5.91 Å². The lowest BCUT2D eigenvalue weighted by Gasteiger charge is -2.25. The predicted octanol–water partition coefficient (Wildman–Crippen LogP) is 6.21. The molecule has 1 aliphatic carbocycles. The van der Waals surface area contributed by atoms with Gasteiger partial charge in [0.05, 0.1) is 13.0 Å². The number of hydrogen-bond donors (Lipinski definition) is 1. The van der Waals surface area contributed by atoms with Crippen molar-refractivity contribution in [3.8, 4) is 0 Å². The molecule has 2 aliphatic rings. The zero-order valence-electron chi connectivity index (χ0n) is 20.2. The Morgan fingerprint density at radius 3 is 2.43 bits per heavy atom. The van der Waals surface area contributed by atoms with Crippen LogP contribution in [0.1, 0.15) is 30.4 Å². The number of benzene rings is 3. The number of nitrogens with zero attached hydrogens (tertiary/aromatic N) is 2. The van der Waals surface area contributed by atoms with Crippen LogP contribution in [0.3, 0.4) is 0 Å². The summed E-state index contributed by atoms with van der Waals surface area (Å²) in [6.45, 7) is 5.34. The Balaban J connectivity index is 1.20. The van der Waals surface area contributed by atoms with Crippen LogP contribution >= 0.6 is 0 Å². The van der Waals surface area contributed by atoms with Gasteiger partial charge in [-0.1, -0.05) is 30.3 Å². The maximum Gasteiger partial charge on any atom is 0.411 e. The van der Waals surface area contributed by atoms with E-state index in [0.29, 0.717) is 12.2 Å². The Kier molecular flexibility index (Phi) is 6.45. The highest BCUT2D eigenvalue weighted by atomic mass is 16.6. The Labute approximate surface area is 206 Å². The summed E-state index contributed by atoms with van der Waals surface area (Å²) < 4.78 is 5.59. The van der Waals surface area contributed by atoms with Crippen LogP contribution in [-0.2, 0) is 9.53 Å². The maximum absolute atomic E-state index is 12.6. The minimum absolute atomic E-state index is 0.0301. The number of rotatable bonds is 7. The molecule has 180 valence electrons. The SMILES string of the molecule is Cc1ccc(C)c(N2CC(OC(=O)Nc3ccc(N(CC4CC4)c4ccccc4)cc3)CC2=O)c1. The number of amides is 2. The number of para-hydroxylation sites is 1. The van der Waals surface area contributed by atoms with Crippen LogP contribution in [0.2, 0.25) is 0 Å². The standard InChI is InChI=1S/C29H31N3O3/c1-20-8-9-21(2)27(16-20)32-19-26(17-28(32)33)35-29(34)30-23-12-14-25(15-13-23)31(18-22-10-11-22)24-6-4-3-5-7-24/h3-9,12-16,22,26H,10-11,17-19H2,1-2H3,(H,30,34). The molecule has 3 aromatic rings. The van der Waals surface area contributed by atoms with Crippen molar-refractivity contribution >= 4 is 34.7 Å². The molecular formula is C29H31N3O3. The van der Waals surface area contributed by atoms with E-state index in [4.69, 9.17) is 4.74 Å². The summed E-state index contributed by atoms with van der Waals surface area (Å²) in [5.74, 6) is 0.706. The highest BCUT2D eigenvalue weighted by Crippen LogP contribution is 2.35. The third kappa shape index (κ3) is 5.48. The molecule has 1 saturated heterocycles. The first-order chi connectivity index (χ1) is 17.0. The van der Waals surface area contributed by atoms with Crippen molar-refractivity contribution < 1.29 is 14.3 Å². The van der Waals surface area contributed by atoms with E-state index < -0.39 is 12.2 Å². The summed E-state index contributed by atoms with van der Waals surface area (Å²) in [7, 11) is 0. The summed E-state index contributed by atoms with van der Waals surface area (Å²) in [4.78, 5) is 29.2. The third-order valence-electron chi connectivity index (χ3n) is 6.65. The fourth-order valence-electron chi connectivity index (χ4n) is 4.55. The smallest absolute Gasteiger partial charge is 0.411 e. The van der Waals surface area contributed by atoms with E-state index in [1.165, 1.54) is 18.5 Å². The lowest BCUT2D eigenvalue weighted by atomic mass is 10.1. The molecule has 1 unspecified atom stereocenters. The second-order valence-electron chi connectivity index (χ2n) is 9.59. The highest BCUT2D eigenvalue weighted by molar-refractivity contribution is 5.97. The largest absolute Gasteiger partial charge is 0.444 e. The quantitative estimate of drug-likeness (QED) is 0.447. The summed E-state index contributed by atoms with van der Waals surface area (Å²) in [5.41, 5.74) is 5.92. The van der Waals surface area contributed by atoms with Crippen LogP contribution in [0, 0.1) is 19.8 Å². The molecule has 0 radical (unpaired) electrons. The molecule has 0 aromatic heterocycles. The number of nitrogens with one attached hydrogen (secondary N) is 1. The van der Waals surface area contributed by atoms with Gasteiger partial charge in [-0.15, -0.1) is 0 Å². The zero-order valence-corrected chi connectivity index (χ0v) is 20.2. The molecule has 1 N–H and O–H groups in total. The molecule has 1 atom stereocenters. The van der Waals surface area contributed by atoms with Gasteiger partial charge < -0.3 is 14.5 Å². The first-order valence-electron chi connectivity index (χ1n) is 12.2. The Morgan fingerprint density at radius 2 is 1.71 bits per heavy atom. The van der Waals surface area contributed by atoms with Gasteiger partial charge in [-0.05, 0) is 86.2 Å².